The van der Waals surface area contributed by atoms with Crippen LogP contribution in [0.4, 0.5) is 0 Å². The van der Waals surface area contributed by atoms with Gasteiger partial charge in [-0.1, -0.05) is 109 Å². The number of aromatic nitrogens is 4. The molecular formula is C40H26N4. The van der Waals surface area contributed by atoms with Crippen LogP contribution in [0.25, 0.3) is 77.5 Å². The molecule has 44 heavy (non-hydrogen) atoms. The number of benzene rings is 6. The Bertz CT molecular complexity index is 2460. The topological polar surface area (TPSA) is 35.6 Å². The number of rotatable bonds is 4. The van der Waals surface area contributed by atoms with E-state index in [1.54, 1.807) is 0 Å². The second kappa shape index (κ2) is 9.79. The van der Waals surface area contributed by atoms with Crippen molar-refractivity contribution >= 4 is 43.6 Å². The third kappa shape index (κ3) is 3.78. The maximum Gasteiger partial charge on any atom is 0.234 e. The lowest BCUT2D eigenvalue weighted by Gasteiger charge is -2.10. The van der Waals surface area contributed by atoms with E-state index in [1.807, 2.05) is 30.6 Å². The zero-order chi connectivity index (χ0) is 29.0. The molecule has 9 aromatic rings. The molecule has 0 fully saturated rings. The van der Waals surface area contributed by atoms with Gasteiger partial charge in [0.2, 0.25) is 5.95 Å². The summed E-state index contributed by atoms with van der Waals surface area (Å²) < 4.78 is 4.58. The van der Waals surface area contributed by atoms with Crippen molar-refractivity contribution in [2.45, 2.75) is 0 Å². The Balaban J connectivity index is 1.37. The first-order chi connectivity index (χ1) is 21.8. The van der Waals surface area contributed by atoms with Crippen LogP contribution in [0.2, 0.25) is 0 Å². The lowest BCUT2D eigenvalue weighted by atomic mass is 10.0. The lowest BCUT2D eigenvalue weighted by molar-refractivity contribution is 0.990. The molecule has 0 bridgehead atoms. The quantitative estimate of drug-likeness (QED) is 0.214. The highest BCUT2D eigenvalue weighted by Gasteiger charge is 2.20. The first-order valence-electron chi connectivity index (χ1n) is 14.8. The Morgan fingerprint density at radius 3 is 1.59 bits per heavy atom. The molecule has 0 aliphatic heterocycles. The molecule has 3 aromatic heterocycles. The Morgan fingerprint density at radius 1 is 0.341 bits per heavy atom. The van der Waals surface area contributed by atoms with Gasteiger partial charge in [-0.15, -0.1) is 0 Å². The van der Waals surface area contributed by atoms with Crippen LogP contribution in [-0.4, -0.2) is 19.1 Å². The third-order valence-corrected chi connectivity index (χ3v) is 8.63. The monoisotopic (exact) mass is 562 g/mol. The van der Waals surface area contributed by atoms with Crippen molar-refractivity contribution in [3.63, 3.8) is 0 Å². The fourth-order valence-corrected chi connectivity index (χ4v) is 6.58. The maximum absolute atomic E-state index is 4.95. The molecule has 9 rings (SSSR count). The zero-order valence-corrected chi connectivity index (χ0v) is 23.8. The van der Waals surface area contributed by atoms with Crippen molar-refractivity contribution in [2.24, 2.45) is 0 Å². The van der Waals surface area contributed by atoms with Gasteiger partial charge >= 0.3 is 0 Å². The average Bonchev–Trinajstić information content (AvgIpc) is 3.60. The molecule has 4 nitrogen and oxygen atoms in total. The lowest BCUT2D eigenvalue weighted by Crippen LogP contribution is -2.01. The van der Waals surface area contributed by atoms with Crippen molar-refractivity contribution in [3.05, 3.63) is 158 Å². The number of hydrogen-bond donors (Lipinski definition) is 0. The van der Waals surface area contributed by atoms with E-state index in [0.29, 0.717) is 5.95 Å². The zero-order valence-electron chi connectivity index (χ0n) is 23.8. The number of fused-ring (bicyclic) bond motifs is 6. The van der Waals surface area contributed by atoms with Crippen LogP contribution in [0.1, 0.15) is 0 Å². The summed E-state index contributed by atoms with van der Waals surface area (Å²) in [7, 11) is 0. The van der Waals surface area contributed by atoms with Gasteiger partial charge in [-0.2, -0.15) is 0 Å². The molecule has 206 valence electrons. The second-order valence-corrected chi connectivity index (χ2v) is 11.1. The minimum Gasteiger partial charge on any atom is -0.309 e. The van der Waals surface area contributed by atoms with Crippen LogP contribution in [0, 0.1) is 0 Å². The van der Waals surface area contributed by atoms with Crippen LogP contribution < -0.4 is 0 Å². The molecule has 0 N–H and O–H groups in total. The fourth-order valence-electron chi connectivity index (χ4n) is 6.58. The molecule has 0 saturated heterocycles. The maximum atomic E-state index is 4.95. The Hall–Kier alpha value is -6.00. The predicted molar refractivity (Wildman–Crippen MR) is 182 cm³/mol. The smallest absolute Gasteiger partial charge is 0.234 e. The highest BCUT2D eigenvalue weighted by atomic mass is 15.2. The van der Waals surface area contributed by atoms with E-state index in [0.717, 1.165) is 38.9 Å². The third-order valence-electron chi connectivity index (χ3n) is 8.63. The first kappa shape index (κ1) is 24.6. The first-order valence-corrected chi connectivity index (χ1v) is 14.8. The van der Waals surface area contributed by atoms with Crippen molar-refractivity contribution < 1.29 is 0 Å². The summed E-state index contributed by atoms with van der Waals surface area (Å²) in [6.45, 7) is 0. The molecular weight excluding hydrogens is 536 g/mol. The standard InChI is InChI=1S/C40H26N4/c1-4-12-27(13-5-1)29-20-21-33-35-23-34-32-18-10-11-19-36(32)43(31-16-8-3-9-17-31)38(34)24-39(35)44(37(33)22-29)40-41-25-30(26-42-40)28-14-6-2-7-15-28/h1-26H. The second-order valence-electron chi connectivity index (χ2n) is 11.1. The summed E-state index contributed by atoms with van der Waals surface area (Å²) in [5, 5.41) is 4.81. The van der Waals surface area contributed by atoms with Crippen LogP contribution in [0.15, 0.2) is 158 Å². The van der Waals surface area contributed by atoms with Gasteiger partial charge in [0, 0.05) is 45.2 Å². The molecule has 6 aromatic carbocycles. The normalized spacial score (nSPS) is 11.6. The number of hydrogen-bond acceptors (Lipinski definition) is 2. The molecule has 0 amide bonds. The van der Waals surface area contributed by atoms with Gasteiger partial charge in [0.25, 0.3) is 0 Å². The Kier molecular flexibility index (Phi) is 5.47. The SMILES string of the molecule is c1ccc(-c2cnc(-n3c4cc(-c5ccccc5)ccc4c4cc5c6ccccc6n(-c6ccccc6)c5cc43)nc2)cc1. The molecule has 3 heterocycles. The minimum atomic E-state index is 0.650. The molecule has 0 aliphatic rings. The molecule has 0 aliphatic carbocycles. The van der Waals surface area contributed by atoms with Crippen molar-refractivity contribution in [2.75, 3.05) is 0 Å². The molecule has 0 spiro atoms. The van der Waals surface area contributed by atoms with Crippen LogP contribution in [-0.2, 0) is 0 Å². The van der Waals surface area contributed by atoms with Gasteiger partial charge in [0.15, 0.2) is 0 Å². The minimum absolute atomic E-state index is 0.650. The molecule has 0 radical (unpaired) electrons. The van der Waals surface area contributed by atoms with Gasteiger partial charge in [-0.25, -0.2) is 9.97 Å². The van der Waals surface area contributed by atoms with E-state index in [2.05, 4.69) is 137 Å². The molecule has 0 unspecified atom stereocenters. The van der Waals surface area contributed by atoms with E-state index >= 15 is 0 Å². The molecule has 0 atom stereocenters. The van der Waals surface area contributed by atoms with Crippen LogP contribution >= 0.6 is 0 Å². The highest BCUT2D eigenvalue weighted by Crippen LogP contribution is 2.40. The van der Waals surface area contributed by atoms with Gasteiger partial charge in [0.1, 0.15) is 0 Å². The molecule has 0 saturated carbocycles. The summed E-state index contributed by atoms with van der Waals surface area (Å²) >= 11 is 0. The summed E-state index contributed by atoms with van der Waals surface area (Å²) in [4.78, 5) is 9.90. The largest absolute Gasteiger partial charge is 0.309 e. The Morgan fingerprint density at radius 2 is 0.886 bits per heavy atom. The van der Waals surface area contributed by atoms with Crippen molar-refractivity contribution in [1.82, 2.24) is 19.1 Å². The van der Waals surface area contributed by atoms with Crippen molar-refractivity contribution in [3.8, 4) is 33.9 Å². The van der Waals surface area contributed by atoms with E-state index in [-0.39, 0.29) is 0 Å². The highest BCUT2D eigenvalue weighted by molar-refractivity contribution is 6.19. The number of para-hydroxylation sites is 2. The van der Waals surface area contributed by atoms with E-state index in [1.165, 1.54) is 32.6 Å². The van der Waals surface area contributed by atoms with Crippen LogP contribution in [0.3, 0.4) is 0 Å². The van der Waals surface area contributed by atoms with Gasteiger partial charge in [-0.05, 0) is 53.1 Å². The van der Waals surface area contributed by atoms with Crippen molar-refractivity contribution in [1.29, 1.82) is 0 Å². The van der Waals surface area contributed by atoms with E-state index in [4.69, 9.17) is 9.97 Å². The summed E-state index contributed by atoms with van der Waals surface area (Å²) in [6, 6.07) is 51.5. The summed E-state index contributed by atoms with van der Waals surface area (Å²) in [5.41, 5.74) is 10.1. The number of nitrogens with zero attached hydrogens (tertiary/aromatic N) is 4. The van der Waals surface area contributed by atoms with Gasteiger partial charge in [-0.3, -0.25) is 4.57 Å². The average molecular weight is 563 g/mol. The van der Waals surface area contributed by atoms with E-state index < -0.39 is 0 Å². The van der Waals surface area contributed by atoms with Gasteiger partial charge < -0.3 is 4.57 Å². The predicted octanol–water partition coefficient (Wildman–Crippen LogP) is 10.0. The molecule has 4 heteroatoms. The van der Waals surface area contributed by atoms with Gasteiger partial charge in [0.05, 0.1) is 22.1 Å². The van der Waals surface area contributed by atoms with E-state index in [9.17, 15) is 0 Å². The Labute approximate surface area is 254 Å². The summed E-state index contributed by atoms with van der Waals surface area (Å²) in [5.74, 6) is 0.650. The summed E-state index contributed by atoms with van der Waals surface area (Å²) in [6.07, 6.45) is 3.85. The van der Waals surface area contributed by atoms with Crippen LogP contribution in [0.5, 0.6) is 0 Å². The fraction of sp³-hybridized carbons (Fsp3) is 0.